The van der Waals surface area contributed by atoms with Crippen LogP contribution in [-0.2, 0) is 14.3 Å². The van der Waals surface area contributed by atoms with Gasteiger partial charge in [0.05, 0.1) is 14.2 Å². The summed E-state index contributed by atoms with van der Waals surface area (Å²) in [6.07, 6.45) is 1.45. The van der Waals surface area contributed by atoms with Gasteiger partial charge in [-0.15, -0.1) is 0 Å². The lowest BCUT2D eigenvalue weighted by atomic mass is 10.1. The topological polar surface area (TPSA) is 94.1 Å². The Hall–Kier alpha value is -3.74. The van der Waals surface area contributed by atoms with Crippen LogP contribution in [0.4, 0.5) is 5.69 Å². The molecule has 3 rings (SSSR count). The molecule has 1 aliphatic heterocycles. The summed E-state index contributed by atoms with van der Waals surface area (Å²) in [6.45, 7) is 0. The Morgan fingerprint density at radius 3 is 2.41 bits per heavy atom. The largest absolute Gasteiger partial charge is 0.493 e. The van der Waals surface area contributed by atoms with Crippen LogP contribution >= 0.6 is 0 Å². The zero-order valence-electron chi connectivity index (χ0n) is 14.7. The smallest absolute Gasteiger partial charge is 0.345 e. The number of methoxy groups -OCH3 is 2. The van der Waals surface area contributed by atoms with E-state index in [0.29, 0.717) is 22.7 Å². The Bertz CT molecular complexity index is 946. The van der Waals surface area contributed by atoms with Gasteiger partial charge in [0.2, 0.25) is 11.7 Å². The molecule has 138 valence electrons. The first-order valence-corrected chi connectivity index (χ1v) is 7.99. The van der Waals surface area contributed by atoms with E-state index in [-0.39, 0.29) is 11.6 Å². The van der Waals surface area contributed by atoms with Crippen LogP contribution < -0.4 is 14.8 Å². The molecule has 0 saturated heterocycles. The molecular weight excluding hydrogens is 350 g/mol. The van der Waals surface area contributed by atoms with Crippen LogP contribution in [0.3, 0.4) is 0 Å². The lowest BCUT2D eigenvalue weighted by Crippen LogP contribution is -2.12. The van der Waals surface area contributed by atoms with Gasteiger partial charge in [-0.25, -0.2) is 4.79 Å². The molecule has 0 fully saturated rings. The van der Waals surface area contributed by atoms with Crippen molar-refractivity contribution in [2.45, 2.75) is 0 Å². The predicted octanol–water partition coefficient (Wildman–Crippen LogP) is 3.05. The van der Waals surface area contributed by atoms with Gasteiger partial charge in [0.25, 0.3) is 0 Å². The molecule has 0 bridgehead atoms. The Kier molecular flexibility index (Phi) is 5.12. The second-order valence-electron chi connectivity index (χ2n) is 5.55. The molecule has 2 aromatic rings. The van der Waals surface area contributed by atoms with Gasteiger partial charge in [-0.05, 0) is 35.9 Å². The average Bonchev–Trinajstić information content (AvgIpc) is 2.97. The summed E-state index contributed by atoms with van der Waals surface area (Å²) in [5, 5.41) is 12.2. The van der Waals surface area contributed by atoms with E-state index in [0.717, 1.165) is 0 Å². The number of hydrogen-bond donors (Lipinski definition) is 2. The molecule has 0 unspecified atom stereocenters. The summed E-state index contributed by atoms with van der Waals surface area (Å²) in [6, 6.07) is 13.9. The Labute approximate surface area is 155 Å². The van der Waals surface area contributed by atoms with Crippen molar-refractivity contribution in [1.82, 2.24) is 0 Å². The number of anilines is 1. The van der Waals surface area contributed by atoms with Crippen LogP contribution in [0.1, 0.15) is 5.56 Å². The van der Waals surface area contributed by atoms with Crippen LogP contribution in [0.15, 0.2) is 65.7 Å². The summed E-state index contributed by atoms with van der Waals surface area (Å²) < 4.78 is 15.9. The van der Waals surface area contributed by atoms with E-state index in [1.165, 1.54) is 20.3 Å². The minimum atomic E-state index is -1.37. The highest BCUT2D eigenvalue weighted by Crippen LogP contribution is 2.31. The summed E-state index contributed by atoms with van der Waals surface area (Å²) in [4.78, 5) is 24.0. The number of carboxylic acid groups (broad SMARTS) is 1. The van der Waals surface area contributed by atoms with E-state index >= 15 is 0 Å². The molecule has 1 heterocycles. The molecule has 0 aliphatic carbocycles. The molecule has 0 atom stereocenters. The van der Waals surface area contributed by atoms with Crippen LogP contribution in [0, 0.1) is 0 Å². The SMILES string of the molecule is COc1ccc(/C=C2\OC(Nc3ccccc3)=C(C(=O)O)C2=O)cc1OC. The van der Waals surface area contributed by atoms with Crippen molar-refractivity contribution in [1.29, 1.82) is 0 Å². The number of benzene rings is 2. The van der Waals surface area contributed by atoms with Crippen molar-refractivity contribution < 1.29 is 28.9 Å². The van der Waals surface area contributed by atoms with Gasteiger partial charge in [0.1, 0.15) is 0 Å². The lowest BCUT2D eigenvalue weighted by Gasteiger charge is -2.09. The molecular formula is C20H17NO6. The van der Waals surface area contributed by atoms with Gasteiger partial charge in [-0.3, -0.25) is 4.79 Å². The third-order valence-corrected chi connectivity index (χ3v) is 3.84. The maximum Gasteiger partial charge on any atom is 0.345 e. The number of carboxylic acids is 1. The highest BCUT2D eigenvalue weighted by atomic mass is 16.5. The fourth-order valence-corrected chi connectivity index (χ4v) is 2.56. The quantitative estimate of drug-likeness (QED) is 0.599. The minimum absolute atomic E-state index is 0.0990. The zero-order valence-corrected chi connectivity index (χ0v) is 14.7. The van der Waals surface area contributed by atoms with Crippen molar-refractivity contribution in [2.24, 2.45) is 0 Å². The van der Waals surface area contributed by atoms with Gasteiger partial charge in [0, 0.05) is 5.69 Å². The number of rotatable bonds is 6. The normalized spacial score (nSPS) is 14.9. The number of Topliss-reactive ketones (excluding diaryl/α,β-unsaturated/α-hetero) is 1. The summed E-state index contributed by atoms with van der Waals surface area (Å²) in [5.41, 5.74) is 0.749. The first-order chi connectivity index (χ1) is 13.0. The van der Waals surface area contributed by atoms with Crippen LogP contribution in [0.25, 0.3) is 6.08 Å². The number of ketones is 1. The summed E-state index contributed by atoms with van der Waals surface area (Å²) >= 11 is 0. The molecule has 7 heteroatoms. The maximum absolute atomic E-state index is 12.5. The van der Waals surface area contributed by atoms with Gasteiger partial charge >= 0.3 is 5.97 Å². The maximum atomic E-state index is 12.5. The van der Waals surface area contributed by atoms with Crippen molar-refractivity contribution >= 4 is 23.5 Å². The Morgan fingerprint density at radius 2 is 1.78 bits per heavy atom. The van der Waals surface area contributed by atoms with E-state index < -0.39 is 17.3 Å². The van der Waals surface area contributed by atoms with Crippen molar-refractivity contribution in [3.05, 3.63) is 71.3 Å². The zero-order chi connectivity index (χ0) is 19.4. The van der Waals surface area contributed by atoms with Crippen molar-refractivity contribution in [3.63, 3.8) is 0 Å². The molecule has 0 radical (unpaired) electrons. The fraction of sp³-hybridized carbons (Fsp3) is 0.100. The van der Waals surface area contributed by atoms with E-state index in [9.17, 15) is 14.7 Å². The highest BCUT2D eigenvalue weighted by Gasteiger charge is 2.35. The van der Waals surface area contributed by atoms with E-state index in [2.05, 4.69) is 5.32 Å². The molecule has 0 saturated carbocycles. The van der Waals surface area contributed by atoms with Crippen LogP contribution in [-0.4, -0.2) is 31.1 Å². The third-order valence-electron chi connectivity index (χ3n) is 3.84. The van der Waals surface area contributed by atoms with Crippen molar-refractivity contribution in [2.75, 3.05) is 19.5 Å². The number of nitrogens with one attached hydrogen (secondary N) is 1. The average molecular weight is 367 g/mol. The van der Waals surface area contributed by atoms with Crippen LogP contribution in [0.5, 0.6) is 11.5 Å². The molecule has 1 aliphatic rings. The van der Waals surface area contributed by atoms with E-state index in [1.54, 1.807) is 42.5 Å². The summed E-state index contributed by atoms with van der Waals surface area (Å²) in [5.74, 6) is -1.28. The predicted molar refractivity (Wildman–Crippen MR) is 98.3 cm³/mol. The number of allylic oxidation sites excluding steroid dienone is 1. The second-order valence-corrected chi connectivity index (χ2v) is 5.55. The molecule has 2 N–H and O–H groups in total. The van der Waals surface area contributed by atoms with Gasteiger partial charge < -0.3 is 24.6 Å². The first-order valence-electron chi connectivity index (χ1n) is 7.99. The number of aliphatic carboxylic acids is 1. The van der Waals surface area contributed by atoms with E-state index in [4.69, 9.17) is 14.2 Å². The minimum Gasteiger partial charge on any atom is -0.493 e. The monoisotopic (exact) mass is 367 g/mol. The third kappa shape index (κ3) is 3.77. The van der Waals surface area contributed by atoms with E-state index in [1.807, 2.05) is 6.07 Å². The van der Waals surface area contributed by atoms with Gasteiger partial charge in [0.15, 0.2) is 22.8 Å². The molecule has 0 spiro atoms. The second kappa shape index (κ2) is 7.65. The fourth-order valence-electron chi connectivity index (χ4n) is 2.56. The standard InChI is InChI=1S/C20H17NO6/c1-25-14-9-8-12(10-15(14)26-2)11-16-18(22)17(20(23)24)19(27-16)21-13-6-4-3-5-7-13/h3-11,21H,1-2H3,(H,23,24)/b16-11-. The molecule has 0 amide bonds. The first kappa shape index (κ1) is 18.1. The Balaban J connectivity index is 1.92. The number of carbonyl (C=O) groups is 2. The van der Waals surface area contributed by atoms with Gasteiger partial charge in [-0.2, -0.15) is 0 Å². The Morgan fingerprint density at radius 1 is 1.07 bits per heavy atom. The lowest BCUT2D eigenvalue weighted by molar-refractivity contribution is -0.134. The molecule has 2 aromatic carbocycles. The molecule has 7 nitrogen and oxygen atoms in total. The number of hydrogen-bond acceptors (Lipinski definition) is 6. The number of carbonyl (C=O) groups excluding carboxylic acids is 1. The number of para-hydroxylation sites is 1. The number of ether oxygens (including phenoxy) is 3. The van der Waals surface area contributed by atoms with Crippen LogP contribution in [0.2, 0.25) is 0 Å². The summed E-state index contributed by atoms with van der Waals surface area (Å²) in [7, 11) is 3.02. The molecule has 27 heavy (non-hydrogen) atoms. The molecule has 0 aromatic heterocycles. The van der Waals surface area contributed by atoms with Gasteiger partial charge in [-0.1, -0.05) is 24.3 Å². The van der Waals surface area contributed by atoms with Crippen molar-refractivity contribution in [3.8, 4) is 11.5 Å². The highest BCUT2D eigenvalue weighted by molar-refractivity contribution is 6.26.